The molecule has 0 spiro atoms. The number of thioether (sulfide) groups is 1. The van der Waals surface area contributed by atoms with Crippen LogP contribution in [0.1, 0.15) is 53.4 Å². The second-order valence-corrected chi connectivity index (χ2v) is 9.48. The lowest BCUT2D eigenvalue weighted by molar-refractivity contribution is -0.135. The monoisotopic (exact) mass is 430 g/mol. The van der Waals surface area contributed by atoms with Crippen LogP contribution in [0.15, 0.2) is 29.4 Å². The molecule has 1 aromatic heterocycles. The van der Waals surface area contributed by atoms with Gasteiger partial charge in [-0.05, 0) is 52.7 Å². The van der Waals surface area contributed by atoms with Gasteiger partial charge in [-0.2, -0.15) is 0 Å². The van der Waals surface area contributed by atoms with Gasteiger partial charge in [0.15, 0.2) is 5.16 Å². The fourth-order valence-electron chi connectivity index (χ4n) is 4.24. The minimum absolute atomic E-state index is 0.0730. The predicted octanol–water partition coefficient (Wildman–Crippen LogP) is 4.18. The Kier molecular flexibility index (Phi) is 7.81. The average Bonchev–Trinajstić information content (AvgIpc) is 2.86. The van der Waals surface area contributed by atoms with Crippen molar-refractivity contribution in [2.24, 2.45) is 0 Å². The van der Waals surface area contributed by atoms with Crippen LogP contribution < -0.4 is 0 Å². The molecular formula is C23H34N4O2S. The van der Waals surface area contributed by atoms with E-state index in [1.807, 2.05) is 66.3 Å². The van der Waals surface area contributed by atoms with Gasteiger partial charge in [0.1, 0.15) is 6.54 Å². The third-order valence-corrected chi connectivity index (χ3v) is 6.56. The van der Waals surface area contributed by atoms with Gasteiger partial charge in [0.05, 0.1) is 16.8 Å². The molecule has 1 aromatic carbocycles. The van der Waals surface area contributed by atoms with Crippen LogP contribution in [0.4, 0.5) is 0 Å². The van der Waals surface area contributed by atoms with Crippen LogP contribution in [0.3, 0.4) is 0 Å². The number of imidazole rings is 1. The van der Waals surface area contributed by atoms with Gasteiger partial charge in [-0.1, -0.05) is 36.7 Å². The maximum absolute atomic E-state index is 13.1. The number of aromatic nitrogens is 2. The van der Waals surface area contributed by atoms with Gasteiger partial charge in [-0.15, -0.1) is 0 Å². The van der Waals surface area contributed by atoms with E-state index in [0.717, 1.165) is 42.1 Å². The molecule has 0 bridgehead atoms. The van der Waals surface area contributed by atoms with Crippen molar-refractivity contribution < 1.29 is 9.59 Å². The van der Waals surface area contributed by atoms with Crippen LogP contribution >= 0.6 is 11.8 Å². The number of benzene rings is 1. The maximum Gasteiger partial charge on any atom is 0.243 e. The number of carbonyl (C=O) groups is 2. The molecule has 0 radical (unpaired) electrons. The highest BCUT2D eigenvalue weighted by atomic mass is 32.2. The summed E-state index contributed by atoms with van der Waals surface area (Å²) in [5.74, 6) is 0.594. The SMILES string of the molecule is CC(C)N(C(=O)Cn1c(SCC(=O)N2CCCCCC2)nc2ccccc21)C(C)C. The quantitative estimate of drug-likeness (QED) is 0.619. The van der Waals surface area contributed by atoms with Gasteiger partial charge in [-0.3, -0.25) is 9.59 Å². The third kappa shape index (κ3) is 5.36. The number of para-hydroxylation sites is 2. The van der Waals surface area contributed by atoms with Gasteiger partial charge in [-0.25, -0.2) is 4.98 Å². The van der Waals surface area contributed by atoms with Crippen molar-refractivity contribution in [3.63, 3.8) is 0 Å². The Morgan fingerprint density at radius 3 is 2.30 bits per heavy atom. The molecule has 0 N–H and O–H groups in total. The summed E-state index contributed by atoms with van der Waals surface area (Å²) in [5, 5.41) is 0.736. The van der Waals surface area contributed by atoms with Crippen molar-refractivity contribution >= 4 is 34.6 Å². The molecule has 1 saturated heterocycles. The second-order valence-electron chi connectivity index (χ2n) is 8.54. The highest BCUT2D eigenvalue weighted by Gasteiger charge is 2.23. The number of carbonyl (C=O) groups excluding carboxylic acids is 2. The number of hydrogen-bond acceptors (Lipinski definition) is 4. The van der Waals surface area contributed by atoms with E-state index in [9.17, 15) is 9.59 Å². The molecule has 0 saturated carbocycles. The maximum atomic E-state index is 13.1. The number of likely N-dealkylation sites (tertiary alicyclic amines) is 1. The molecule has 6 nitrogen and oxygen atoms in total. The van der Waals surface area contributed by atoms with Crippen LogP contribution in [0.25, 0.3) is 11.0 Å². The van der Waals surface area contributed by atoms with E-state index in [0.29, 0.717) is 5.75 Å². The Labute approximate surface area is 184 Å². The summed E-state index contributed by atoms with van der Waals surface area (Å²) in [6.07, 6.45) is 4.58. The lowest BCUT2D eigenvalue weighted by atomic mass is 10.2. The van der Waals surface area contributed by atoms with E-state index < -0.39 is 0 Å². The molecule has 2 heterocycles. The Hall–Kier alpha value is -2.02. The zero-order valence-corrected chi connectivity index (χ0v) is 19.5. The number of nitrogens with zero attached hydrogens (tertiary/aromatic N) is 4. The van der Waals surface area contributed by atoms with Crippen molar-refractivity contribution in [3.8, 4) is 0 Å². The smallest absolute Gasteiger partial charge is 0.243 e. The Morgan fingerprint density at radius 1 is 1.03 bits per heavy atom. The molecule has 1 aliphatic rings. The van der Waals surface area contributed by atoms with Crippen molar-refractivity contribution in [2.75, 3.05) is 18.8 Å². The summed E-state index contributed by atoms with van der Waals surface area (Å²) in [4.78, 5) is 34.5. The summed E-state index contributed by atoms with van der Waals surface area (Å²) in [6.45, 7) is 10.1. The normalized spacial score (nSPS) is 15.1. The fourth-order valence-corrected chi connectivity index (χ4v) is 5.16. The molecule has 7 heteroatoms. The van der Waals surface area contributed by atoms with Crippen LogP contribution in [0.5, 0.6) is 0 Å². The molecule has 1 aliphatic heterocycles. The minimum Gasteiger partial charge on any atom is -0.342 e. The first-order valence-corrected chi connectivity index (χ1v) is 12.0. The Morgan fingerprint density at radius 2 is 1.67 bits per heavy atom. The molecule has 0 unspecified atom stereocenters. The minimum atomic E-state index is 0.0730. The van der Waals surface area contributed by atoms with Gasteiger partial charge in [0, 0.05) is 25.2 Å². The lowest BCUT2D eigenvalue weighted by Gasteiger charge is -2.31. The summed E-state index contributed by atoms with van der Waals surface area (Å²) >= 11 is 1.44. The van der Waals surface area contributed by atoms with Gasteiger partial charge < -0.3 is 14.4 Å². The summed E-state index contributed by atoms with van der Waals surface area (Å²) < 4.78 is 1.97. The molecule has 30 heavy (non-hydrogen) atoms. The fraction of sp³-hybridized carbons (Fsp3) is 0.609. The average molecular weight is 431 g/mol. The molecule has 0 aliphatic carbocycles. The van der Waals surface area contributed by atoms with E-state index >= 15 is 0 Å². The second kappa shape index (κ2) is 10.3. The van der Waals surface area contributed by atoms with E-state index in [4.69, 9.17) is 4.98 Å². The largest absolute Gasteiger partial charge is 0.342 e. The summed E-state index contributed by atoms with van der Waals surface area (Å²) in [7, 11) is 0. The van der Waals surface area contributed by atoms with Gasteiger partial charge >= 0.3 is 0 Å². The molecule has 164 valence electrons. The number of amides is 2. The van der Waals surface area contributed by atoms with E-state index in [2.05, 4.69) is 0 Å². The van der Waals surface area contributed by atoms with Gasteiger partial charge in [0.2, 0.25) is 11.8 Å². The Bertz CT molecular complexity index is 861. The highest BCUT2D eigenvalue weighted by molar-refractivity contribution is 7.99. The zero-order chi connectivity index (χ0) is 21.7. The number of hydrogen-bond donors (Lipinski definition) is 0. The summed E-state index contributed by atoms with van der Waals surface area (Å²) in [5.41, 5.74) is 1.79. The first-order chi connectivity index (χ1) is 14.4. The molecular weight excluding hydrogens is 396 g/mol. The summed E-state index contributed by atoms with van der Waals surface area (Å²) in [6, 6.07) is 8.13. The third-order valence-electron chi connectivity index (χ3n) is 5.60. The predicted molar refractivity (Wildman–Crippen MR) is 123 cm³/mol. The topological polar surface area (TPSA) is 58.4 Å². The van der Waals surface area contributed by atoms with Gasteiger partial charge in [0.25, 0.3) is 0 Å². The van der Waals surface area contributed by atoms with Crippen LogP contribution in [0.2, 0.25) is 0 Å². The first kappa shape index (κ1) is 22.7. The molecule has 3 rings (SSSR count). The molecule has 2 aromatic rings. The van der Waals surface area contributed by atoms with Crippen molar-refractivity contribution in [3.05, 3.63) is 24.3 Å². The van der Waals surface area contributed by atoms with Crippen LogP contribution in [-0.4, -0.2) is 62.1 Å². The molecule has 0 atom stereocenters. The van der Waals surface area contributed by atoms with Crippen LogP contribution in [-0.2, 0) is 16.1 Å². The zero-order valence-electron chi connectivity index (χ0n) is 18.6. The standard InChI is InChI=1S/C23H34N4O2S/c1-17(2)27(18(3)4)21(28)15-26-20-12-8-7-11-19(20)24-23(26)30-16-22(29)25-13-9-5-6-10-14-25/h7-8,11-12,17-18H,5-6,9-10,13-16H2,1-4H3. The first-order valence-electron chi connectivity index (χ1n) is 11.1. The highest BCUT2D eigenvalue weighted by Crippen LogP contribution is 2.25. The van der Waals surface area contributed by atoms with E-state index in [1.165, 1.54) is 24.6 Å². The van der Waals surface area contributed by atoms with E-state index in [-0.39, 0.29) is 30.4 Å². The lowest BCUT2D eigenvalue weighted by Crippen LogP contribution is -2.43. The number of rotatable bonds is 7. The molecule has 1 fully saturated rings. The van der Waals surface area contributed by atoms with Crippen molar-refractivity contribution in [2.45, 2.75) is 77.2 Å². The molecule has 2 amide bonds. The van der Waals surface area contributed by atoms with Crippen molar-refractivity contribution in [1.82, 2.24) is 19.4 Å². The number of fused-ring (bicyclic) bond motifs is 1. The van der Waals surface area contributed by atoms with Crippen LogP contribution in [0, 0.1) is 0 Å². The Balaban J connectivity index is 1.79. The van der Waals surface area contributed by atoms with Crippen molar-refractivity contribution in [1.29, 1.82) is 0 Å². The van der Waals surface area contributed by atoms with E-state index in [1.54, 1.807) is 0 Å².